The van der Waals surface area contributed by atoms with Crippen molar-refractivity contribution in [3.8, 4) is 0 Å². The fourth-order valence-corrected chi connectivity index (χ4v) is 1.75. The van der Waals surface area contributed by atoms with Crippen molar-refractivity contribution in [1.29, 1.82) is 0 Å². The summed E-state index contributed by atoms with van der Waals surface area (Å²) in [5.74, 6) is -2.10. The van der Waals surface area contributed by atoms with E-state index in [4.69, 9.17) is 4.74 Å². The average molecular weight is 329 g/mol. The molecule has 0 aliphatic heterocycles. The number of hydrogen-bond donors (Lipinski definition) is 1. The number of benzene rings is 1. The Morgan fingerprint density at radius 3 is 2.43 bits per heavy atom. The zero-order valence-corrected chi connectivity index (χ0v) is 12.6. The van der Waals surface area contributed by atoms with Gasteiger partial charge in [-0.05, 0) is 39.0 Å². The Morgan fingerprint density at radius 2 is 1.87 bits per heavy atom. The summed E-state index contributed by atoms with van der Waals surface area (Å²) < 4.78 is 42.9. The Kier molecular flexibility index (Phi) is 4.06. The molecule has 0 saturated heterocycles. The number of halogens is 3. The van der Waals surface area contributed by atoms with Crippen LogP contribution in [0.15, 0.2) is 24.4 Å². The molecule has 1 N–H and O–H groups in total. The van der Waals surface area contributed by atoms with Crippen molar-refractivity contribution in [3.63, 3.8) is 0 Å². The van der Waals surface area contributed by atoms with Crippen molar-refractivity contribution in [2.24, 2.45) is 0 Å². The number of aromatic nitrogens is 2. The van der Waals surface area contributed by atoms with Gasteiger partial charge in [0.25, 0.3) is 0 Å². The average Bonchev–Trinajstić information content (AvgIpc) is 2.78. The van der Waals surface area contributed by atoms with Crippen molar-refractivity contribution in [2.75, 3.05) is 5.32 Å². The maximum Gasteiger partial charge on any atom is 0.471 e. The number of hydrogen-bond acceptors (Lipinski definition) is 4. The summed E-state index contributed by atoms with van der Waals surface area (Å²) in [4.78, 5) is 23.0. The molecule has 2 rings (SSSR count). The summed E-state index contributed by atoms with van der Waals surface area (Å²) in [5, 5.41) is 6.09. The van der Waals surface area contributed by atoms with Gasteiger partial charge >= 0.3 is 18.2 Å². The van der Waals surface area contributed by atoms with E-state index < -0.39 is 23.8 Å². The molecule has 2 aromatic rings. The predicted molar refractivity (Wildman–Crippen MR) is 76.0 cm³/mol. The lowest BCUT2D eigenvalue weighted by molar-refractivity contribution is -0.167. The molecule has 1 heterocycles. The smallest absolute Gasteiger partial charge is 0.442 e. The van der Waals surface area contributed by atoms with Gasteiger partial charge in [-0.15, -0.1) is 0 Å². The van der Waals surface area contributed by atoms with E-state index in [1.54, 1.807) is 26.1 Å². The first-order chi connectivity index (χ1) is 10.5. The molecule has 0 atom stereocenters. The van der Waals surface area contributed by atoms with Crippen LogP contribution in [0.25, 0.3) is 10.9 Å². The van der Waals surface area contributed by atoms with Gasteiger partial charge in [0.15, 0.2) is 0 Å². The highest BCUT2D eigenvalue weighted by Crippen LogP contribution is 2.23. The minimum Gasteiger partial charge on any atom is -0.442 e. The molecule has 1 aromatic heterocycles. The first kappa shape index (κ1) is 16.8. The normalized spacial score (nSPS) is 12.3. The summed E-state index contributed by atoms with van der Waals surface area (Å²) in [6.45, 7) is 5.02. The lowest BCUT2D eigenvalue weighted by Crippen LogP contribution is -2.30. The Balaban J connectivity index is 2.33. The summed E-state index contributed by atoms with van der Waals surface area (Å²) in [7, 11) is 0. The molecule has 6 nitrogen and oxygen atoms in total. The Bertz CT molecular complexity index is 760. The first-order valence-corrected chi connectivity index (χ1v) is 6.57. The number of alkyl halides is 3. The van der Waals surface area contributed by atoms with Crippen LogP contribution in [0.3, 0.4) is 0 Å². The molecule has 0 aliphatic rings. The highest BCUT2D eigenvalue weighted by molar-refractivity contribution is 5.97. The second-order valence-electron chi connectivity index (χ2n) is 5.76. The third kappa shape index (κ3) is 3.99. The van der Waals surface area contributed by atoms with Gasteiger partial charge in [-0.2, -0.15) is 23.0 Å². The fourth-order valence-electron chi connectivity index (χ4n) is 1.75. The SMILES string of the molecule is CC(C)(C)OC(=O)n1ncc2ccc(NC(=O)C(F)(F)F)cc21. The van der Waals surface area contributed by atoms with Gasteiger partial charge in [0.2, 0.25) is 0 Å². The number of nitrogens with zero attached hydrogens (tertiary/aromatic N) is 2. The van der Waals surface area contributed by atoms with E-state index in [-0.39, 0.29) is 11.2 Å². The maximum atomic E-state index is 12.3. The first-order valence-electron chi connectivity index (χ1n) is 6.57. The van der Waals surface area contributed by atoms with Crippen molar-refractivity contribution in [3.05, 3.63) is 24.4 Å². The van der Waals surface area contributed by atoms with Crippen LogP contribution in [-0.4, -0.2) is 33.6 Å². The van der Waals surface area contributed by atoms with Crippen LogP contribution in [0.1, 0.15) is 20.8 Å². The monoisotopic (exact) mass is 329 g/mol. The predicted octanol–water partition coefficient (Wildman–Crippen LogP) is 3.32. The van der Waals surface area contributed by atoms with Crippen LogP contribution < -0.4 is 5.32 Å². The van der Waals surface area contributed by atoms with Gasteiger partial charge in [0, 0.05) is 11.1 Å². The number of rotatable bonds is 1. The third-order valence-electron chi connectivity index (χ3n) is 2.65. The molecule has 23 heavy (non-hydrogen) atoms. The third-order valence-corrected chi connectivity index (χ3v) is 2.65. The van der Waals surface area contributed by atoms with Crippen molar-refractivity contribution < 1.29 is 27.5 Å². The molecule has 0 aliphatic carbocycles. The van der Waals surface area contributed by atoms with E-state index in [0.29, 0.717) is 5.39 Å². The Hall–Kier alpha value is -2.58. The maximum absolute atomic E-state index is 12.3. The second-order valence-corrected chi connectivity index (χ2v) is 5.76. The molecule has 9 heteroatoms. The van der Waals surface area contributed by atoms with Gasteiger partial charge in [-0.25, -0.2) is 4.79 Å². The molecule has 0 fully saturated rings. The highest BCUT2D eigenvalue weighted by atomic mass is 19.4. The largest absolute Gasteiger partial charge is 0.471 e. The van der Waals surface area contributed by atoms with E-state index in [0.717, 1.165) is 4.68 Å². The minimum absolute atomic E-state index is 0.106. The molecule has 0 spiro atoms. The number of anilines is 1. The van der Waals surface area contributed by atoms with E-state index in [1.165, 1.54) is 24.4 Å². The van der Waals surface area contributed by atoms with Crippen LogP contribution in [0, 0.1) is 0 Å². The highest BCUT2D eigenvalue weighted by Gasteiger charge is 2.38. The molecule has 1 amide bonds. The van der Waals surface area contributed by atoms with Gasteiger partial charge in [0.05, 0.1) is 11.7 Å². The number of ether oxygens (including phenoxy) is 1. The van der Waals surface area contributed by atoms with Crippen molar-refractivity contribution >= 4 is 28.6 Å². The summed E-state index contributed by atoms with van der Waals surface area (Å²) in [6, 6.07) is 3.94. The summed E-state index contributed by atoms with van der Waals surface area (Å²) >= 11 is 0. The molecule has 1 aromatic carbocycles. The van der Waals surface area contributed by atoms with Crippen molar-refractivity contribution in [2.45, 2.75) is 32.5 Å². The molecule has 0 unspecified atom stereocenters. The summed E-state index contributed by atoms with van der Waals surface area (Å²) in [6.07, 6.45) is -4.40. The van der Waals surface area contributed by atoms with Crippen LogP contribution in [-0.2, 0) is 9.53 Å². The molecule has 0 radical (unpaired) electrons. The van der Waals surface area contributed by atoms with E-state index in [2.05, 4.69) is 5.10 Å². The molecule has 0 bridgehead atoms. The molecular weight excluding hydrogens is 315 g/mol. The lowest BCUT2D eigenvalue weighted by Gasteiger charge is -2.19. The number of fused-ring (bicyclic) bond motifs is 1. The number of amides is 1. The zero-order chi connectivity index (χ0) is 17.4. The summed E-state index contributed by atoms with van der Waals surface area (Å²) in [5.41, 5.74) is -0.637. The van der Waals surface area contributed by atoms with Gasteiger partial charge in [-0.1, -0.05) is 0 Å². The van der Waals surface area contributed by atoms with E-state index >= 15 is 0 Å². The standard InChI is InChI=1S/C14H14F3N3O3/c1-13(2,3)23-12(22)20-10-6-9(5-4-8(10)7-18-20)19-11(21)14(15,16)17/h4-7H,1-3H3,(H,19,21). The van der Waals surface area contributed by atoms with Gasteiger partial charge in [-0.3, -0.25) is 4.79 Å². The number of nitrogens with one attached hydrogen (secondary N) is 1. The van der Waals surface area contributed by atoms with Crippen LogP contribution in [0.2, 0.25) is 0 Å². The van der Waals surface area contributed by atoms with Crippen LogP contribution in [0.4, 0.5) is 23.7 Å². The number of carbonyl (C=O) groups is 2. The second kappa shape index (κ2) is 5.56. The fraction of sp³-hybridized carbons (Fsp3) is 0.357. The van der Waals surface area contributed by atoms with Crippen molar-refractivity contribution in [1.82, 2.24) is 9.78 Å². The van der Waals surface area contributed by atoms with E-state index in [9.17, 15) is 22.8 Å². The number of carbonyl (C=O) groups excluding carboxylic acids is 2. The minimum atomic E-state index is -5.00. The Labute approximate surface area is 129 Å². The molecule has 124 valence electrons. The Morgan fingerprint density at radius 1 is 1.22 bits per heavy atom. The lowest BCUT2D eigenvalue weighted by atomic mass is 10.2. The van der Waals surface area contributed by atoms with Crippen LogP contribution >= 0.6 is 0 Å². The zero-order valence-electron chi connectivity index (χ0n) is 12.6. The molecular formula is C14H14F3N3O3. The van der Waals surface area contributed by atoms with Gasteiger partial charge < -0.3 is 10.1 Å². The van der Waals surface area contributed by atoms with Crippen LogP contribution in [0.5, 0.6) is 0 Å². The molecule has 0 saturated carbocycles. The quantitative estimate of drug-likeness (QED) is 0.871. The van der Waals surface area contributed by atoms with E-state index in [1.807, 2.05) is 0 Å². The van der Waals surface area contributed by atoms with Gasteiger partial charge in [0.1, 0.15) is 5.60 Å². The topological polar surface area (TPSA) is 73.2 Å².